The summed E-state index contributed by atoms with van der Waals surface area (Å²) >= 11 is 3.43. The van der Waals surface area contributed by atoms with Crippen molar-refractivity contribution in [2.45, 2.75) is 13.3 Å². The third kappa shape index (κ3) is 3.89. The molecule has 2 aromatic heterocycles. The largest absolute Gasteiger partial charge is 0.396 e. The van der Waals surface area contributed by atoms with Gasteiger partial charge in [-0.1, -0.05) is 29.8 Å². The summed E-state index contributed by atoms with van der Waals surface area (Å²) < 4.78 is 2.57. The Morgan fingerprint density at radius 2 is 2.04 bits per heavy atom. The molecule has 0 aliphatic rings. The molecule has 0 amide bonds. The van der Waals surface area contributed by atoms with Crippen molar-refractivity contribution >= 4 is 27.4 Å². The summed E-state index contributed by atoms with van der Waals surface area (Å²) in [5.41, 5.74) is 3.25. The molecule has 0 aliphatic carbocycles. The molecule has 0 bridgehead atoms. The zero-order valence-electron chi connectivity index (χ0n) is 12.9. The Bertz CT molecular complexity index is 785. The second-order valence-electron chi connectivity index (χ2n) is 5.69. The summed E-state index contributed by atoms with van der Waals surface area (Å²) in [7, 11) is 0. The van der Waals surface area contributed by atoms with Gasteiger partial charge < -0.3 is 10.4 Å². The summed E-state index contributed by atoms with van der Waals surface area (Å²) in [5, 5.41) is 17.1. The third-order valence-corrected chi connectivity index (χ3v) is 4.36. The highest BCUT2D eigenvalue weighted by molar-refractivity contribution is 9.10. The van der Waals surface area contributed by atoms with Gasteiger partial charge in [0.1, 0.15) is 5.82 Å². The second kappa shape index (κ2) is 7.10. The van der Waals surface area contributed by atoms with Crippen LogP contribution in [0.4, 0.5) is 5.82 Å². The van der Waals surface area contributed by atoms with Gasteiger partial charge >= 0.3 is 0 Å². The first-order chi connectivity index (χ1) is 11.2. The van der Waals surface area contributed by atoms with E-state index >= 15 is 0 Å². The molecule has 1 aromatic carbocycles. The van der Waals surface area contributed by atoms with Gasteiger partial charge in [0.15, 0.2) is 5.65 Å². The van der Waals surface area contributed by atoms with Crippen LogP contribution in [0.25, 0.3) is 5.65 Å². The van der Waals surface area contributed by atoms with Crippen LogP contribution in [0.1, 0.15) is 11.1 Å². The predicted molar refractivity (Wildman–Crippen MR) is 94.6 cm³/mol. The number of nitrogens with zero attached hydrogens (tertiary/aromatic N) is 3. The van der Waals surface area contributed by atoms with Crippen molar-refractivity contribution in [3.63, 3.8) is 0 Å². The Kier molecular flexibility index (Phi) is 4.93. The minimum absolute atomic E-state index is 0.138. The molecule has 0 saturated carbocycles. The topological polar surface area (TPSA) is 62.5 Å². The fourth-order valence-electron chi connectivity index (χ4n) is 2.45. The highest BCUT2D eigenvalue weighted by atomic mass is 79.9. The molecule has 2 heterocycles. The minimum atomic E-state index is 0.138. The fourth-order valence-corrected chi connectivity index (χ4v) is 2.81. The van der Waals surface area contributed by atoms with E-state index in [0.29, 0.717) is 6.54 Å². The van der Waals surface area contributed by atoms with Crippen molar-refractivity contribution in [1.82, 2.24) is 14.6 Å². The van der Waals surface area contributed by atoms with Crippen molar-refractivity contribution in [3.05, 3.63) is 58.3 Å². The Labute approximate surface area is 143 Å². The van der Waals surface area contributed by atoms with Gasteiger partial charge in [0.05, 0.1) is 10.7 Å². The van der Waals surface area contributed by atoms with Crippen molar-refractivity contribution in [1.29, 1.82) is 0 Å². The first-order valence-corrected chi connectivity index (χ1v) is 8.35. The SMILES string of the molecule is Cc1ccc(CC(CO)CNc2ccn3ncc(Br)c3n2)cc1. The van der Waals surface area contributed by atoms with E-state index in [1.807, 2.05) is 12.3 Å². The van der Waals surface area contributed by atoms with Crippen LogP contribution in [0.3, 0.4) is 0 Å². The maximum absolute atomic E-state index is 9.62. The maximum Gasteiger partial charge on any atom is 0.171 e. The number of aliphatic hydroxyl groups is 1. The van der Waals surface area contributed by atoms with E-state index in [1.165, 1.54) is 11.1 Å². The number of aryl methyl sites for hydroxylation is 1. The number of anilines is 1. The van der Waals surface area contributed by atoms with Crippen LogP contribution < -0.4 is 5.32 Å². The molecular weight excluding hydrogens is 356 g/mol. The molecule has 2 N–H and O–H groups in total. The molecule has 0 aliphatic heterocycles. The van der Waals surface area contributed by atoms with Gasteiger partial charge in [0.2, 0.25) is 0 Å². The molecule has 1 atom stereocenters. The molecular formula is C17H19BrN4O. The van der Waals surface area contributed by atoms with Crippen LogP contribution in [0, 0.1) is 12.8 Å². The lowest BCUT2D eigenvalue weighted by atomic mass is 9.99. The lowest BCUT2D eigenvalue weighted by molar-refractivity contribution is 0.232. The molecule has 0 radical (unpaired) electrons. The van der Waals surface area contributed by atoms with Crippen LogP contribution in [-0.2, 0) is 6.42 Å². The van der Waals surface area contributed by atoms with Gasteiger partial charge in [-0.3, -0.25) is 0 Å². The summed E-state index contributed by atoms with van der Waals surface area (Å²) in [4.78, 5) is 4.52. The lowest BCUT2D eigenvalue weighted by Crippen LogP contribution is -2.20. The fraction of sp³-hybridized carbons (Fsp3) is 0.294. The predicted octanol–water partition coefficient (Wildman–Crippen LogP) is 3.06. The number of benzene rings is 1. The van der Waals surface area contributed by atoms with E-state index in [4.69, 9.17) is 0 Å². The third-order valence-electron chi connectivity index (χ3n) is 3.80. The number of hydrogen-bond acceptors (Lipinski definition) is 4. The monoisotopic (exact) mass is 374 g/mol. The van der Waals surface area contributed by atoms with Crippen LogP contribution >= 0.6 is 15.9 Å². The summed E-state index contributed by atoms with van der Waals surface area (Å²) in [6, 6.07) is 10.3. The molecule has 6 heteroatoms. The zero-order valence-corrected chi connectivity index (χ0v) is 14.5. The number of hydrogen-bond donors (Lipinski definition) is 2. The van der Waals surface area contributed by atoms with Crippen LogP contribution in [0.15, 0.2) is 47.2 Å². The smallest absolute Gasteiger partial charge is 0.171 e. The van der Waals surface area contributed by atoms with Crippen LogP contribution in [-0.4, -0.2) is 32.9 Å². The Morgan fingerprint density at radius 1 is 1.26 bits per heavy atom. The first kappa shape index (κ1) is 16.0. The van der Waals surface area contributed by atoms with Gasteiger partial charge in [-0.05, 0) is 40.9 Å². The van der Waals surface area contributed by atoms with Crippen molar-refractivity contribution in [3.8, 4) is 0 Å². The standard InChI is InChI=1S/C17H19BrN4O/c1-12-2-4-13(5-3-12)8-14(11-23)9-19-16-6-7-22-17(21-16)15(18)10-20-22/h2-7,10,14,23H,8-9,11H2,1H3,(H,19,21). The van der Waals surface area contributed by atoms with E-state index in [-0.39, 0.29) is 12.5 Å². The van der Waals surface area contributed by atoms with Gasteiger partial charge in [-0.25, -0.2) is 9.50 Å². The van der Waals surface area contributed by atoms with E-state index in [9.17, 15) is 5.11 Å². The van der Waals surface area contributed by atoms with Crippen molar-refractivity contribution < 1.29 is 5.11 Å². The molecule has 0 fully saturated rings. The van der Waals surface area contributed by atoms with E-state index in [2.05, 4.69) is 62.5 Å². The maximum atomic E-state index is 9.62. The molecule has 0 saturated heterocycles. The summed E-state index contributed by atoms with van der Waals surface area (Å²) in [6.45, 7) is 2.88. The van der Waals surface area contributed by atoms with E-state index in [0.717, 1.165) is 22.4 Å². The normalized spacial score (nSPS) is 12.5. The van der Waals surface area contributed by atoms with Gasteiger partial charge in [0.25, 0.3) is 0 Å². The second-order valence-corrected chi connectivity index (χ2v) is 6.55. The molecule has 1 unspecified atom stereocenters. The van der Waals surface area contributed by atoms with E-state index in [1.54, 1.807) is 10.7 Å². The Hall–Kier alpha value is -1.92. The summed E-state index contributed by atoms with van der Waals surface area (Å²) in [6.07, 6.45) is 4.42. The number of fused-ring (bicyclic) bond motifs is 1. The van der Waals surface area contributed by atoms with Crippen LogP contribution in [0.5, 0.6) is 0 Å². The molecule has 120 valence electrons. The number of aliphatic hydroxyl groups excluding tert-OH is 1. The molecule has 0 spiro atoms. The number of aromatic nitrogens is 3. The average molecular weight is 375 g/mol. The average Bonchev–Trinajstić information content (AvgIpc) is 2.94. The van der Waals surface area contributed by atoms with Crippen LogP contribution in [0.2, 0.25) is 0 Å². The van der Waals surface area contributed by atoms with Gasteiger partial charge in [0, 0.05) is 25.3 Å². The molecule has 5 nitrogen and oxygen atoms in total. The Morgan fingerprint density at radius 3 is 2.78 bits per heavy atom. The number of nitrogens with one attached hydrogen (secondary N) is 1. The van der Waals surface area contributed by atoms with Crippen molar-refractivity contribution in [2.75, 3.05) is 18.5 Å². The van der Waals surface area contributed by atoms with E-state index < -0.39 is 0 Å². The van der Waals surface area contributed by atoms with Gasteiger partial charge in [-0.15, -0.1) is 0 Å². The van der Waals surface area contributed by atoms with Gasteiger partial charge in [-0.2, -0.15) is 5.10 Å². The number of halogens is 1. The first-order valence-electron chi connectivity index (χ1n) is 7.56. The number of rotatable bonds is 6. The quantitative estimate of drug-likeness (QED) is 0.695. The highest BCUT2D eigenvalue weighted by Gasteiger charge is 2.10. The van der Waals surface area contributed by atoms with Crippen molar-refractivity contribution in [2.24, 2.45) is 5.92 Å². The highest BCUT2D eigenvalue weighted by Crippen LogP contribution is 2.17. The molecule has 23 heavy (non-hydrogen) atoms. The molecule has 3 rings (SSSR count). The minimum Gasteiger partial charge on any atom is -0.396 e. The lowest BCUT2D eigenvalue weighted by Gasteiger charge is -2.16. The summed E-state index contributed by atoms with van der Waals surface area (Å²) in [5.74, 6) is 0.921. The Balaban J connectivity index is 1.64. The zero-order chi connectivity index (χ0) is 16.2. The molecule has 3 aromatic rings.